The first-order valence-corrected chi connectivity index (χ1v) is 4.58. The highest BCUT2D eigenvalue weighted by atomic mass is 32.1. The quantitative estimate of drug-likeness (QED) is 0.574. The Morgan fingerprint density at radius 2 is 2.36 bits per heavy atom. The molecule has 8 heteroatoms. The number of carbonyl (C=O) groups excluding carboxylic acids is 2. The predicted octanol–water partition coefficient (Wildman–Crippen LogP) is -1.32. The van der Waals surface area contributed by atoms with Gasteiger partial charge in [-0.1, -0.05) is 11.3 Å². The van der Waals surface area contributed by atoms with E-state index in [4.69, 9.17) is 11.5 Å². The topological polar surface area (TPSA) is 124 Å². The zero-order chi connectivity index (χ0) is 10.6. The summed E-state index contributed by atoms with van der Waals surface area (Å²) in [5.74, 6) is -1.12. The van der Waals surface area contributed by atoms with E-state index in [-0.39, 0.29) is 6.42 Å². The van der Waals surface area contributed by atoms with E-state index in [2.05, 4.69) is 15.5 Å². The number of primary amides is 1. The van der Waals surface area contributed by atoms with Crippen LogP contribution in [0.5, 0.6) is 0 Å². The van der Waals surface area contributed by atoms with Gasteiger partial charge in [-0.05, 0) is 0 Å². The molecule has 0 aliphatic heterocycles. The lowest BCUT2D eigenvalue weighted by Crippen LogP contribution is -2.38. The largest absolute Gasteiger partial charge is 0.370 e. The number of carbonyl (C=O) groups is 2. The molecule has 1 heterocycles. The third kappa shape index (κ3) is 3.07. The van der Waals surface area contributed by atoms with E-state index < -0.39 is 17.9 Å². The number of nitrogens with one attached hydrogen (secondary N) is 1. The molecule has 7 nitrogen and oxygen atoms in total. The molecule has 0 saturated heterocycles. The van der Waals surface area contributed by atoms with Gasteiger partial charge in [-0.2, -0.15) is 0 Å². The van der Waals surface area contributed by atoms with Gasteiger partial charge in [0.15, 0.2) is 0 Å². The molecule has 1 unspecified atom stereocenters. The minimum absolute atomic E-state index is 0.190. The first kappa shape index (κ1) is 10.5. The Morgan fingerprint density at radius 3 is 2.86 bits per heavy atom. The van der Waals surface area contributed by atoms with Crippen molar-refractivity contribution in [3.63, 3.8) is 0 Å². The maximum Gasteiger partial charge on any atom is 0.243 e. The van der Waals surface area contributed by atoms with Crippen LogP contribution in [0.3, 0.4) is 0 Å². The molecule has 14 heavy (non-hydrogen) atoms. The molecular weight excluding hydrogens is 206 g/mol. The lowest BCUT2D eigenvalue weighted by molar-refractivity contribution is -0.123. The normalized spacial score (nSPS) is 12.1. The van der Waals surface area contributed by atoms with Gasteiger partial charge in [0, 0.05) is 0 Å². The number of anilines is 1. The summed E-state index contributed by atoms with van der Waals surface area (Å²) >= 11 is 1.16. The molecule has 0 aliphatic rings. The Bertz CT molecular complexity index is 325. The third-order valence-corrected chi connectivity index (χ3v) is 1.95. The van der Waals surface area contributed by atoms with Gasteiger partial charge in [-0.3, -0.25) is 14.9 Å². The van der Waals surface area contributed by atoms with Crippen molar-refractivity contribution in [1.82, 2.24) is 10.2 Å². The van der Waals surface area contributed by atoms with Gasteiger partial charge < -0.3 is 11.5 Å². The fourth-order valence-electron chi connectivity index (χ4n) is 0.735. The van der Waals surface area contributed by atoms with Gasteiger partial charge in [0.1, 0.15) is 5.51 Å². The molecule has 0 bridgehead atoms. The molecule has 1 aromatic rings. The number of nitrogens with two attached hydrogens (primary N) is 2. The highest BCUT2D eigenvalue weighted by molar-refractivity contribution is 7.13. The van der Waals surface area contributed by atoms with Gasteiger partial charge in [0.25, 0.3) is 0 Å². The number of rotatable bonds is 4. The zero-order valence-corrected chi connectivity index (χ0v) is 7.95. The van der Waals surface area contributed by atoms with Crippen LogP contribution in [-0.2, 0) is 9.59 Å². The van der Waals surface area contributed by atoms with Crippen LogP contribution in [0, 0.1) is 0 Å². The van der Waals surface area contributed by atoms with Crippen molar-refractivity contribution >= 4 is 28.3 Å². The lowest BCUT2D eigenvalue weighted by atomic mass is 10.2. The first-order valence-electron chi connectivity index (χ1n) is 3.70. The predicted molar refractivity (Wildman–Crippen MR) is 50.3 cm³/mol. The molecule has 1 aromatic heterocycles. The third-order valence-electron chi connectivity index (χ3n) is 1.35. The van der Waals surface area contributed by atoms with Crippen molar-refractivity contribution in [3.8, 4) is 0 Å². The van der Waals surface area contributed by atoms with Gasteiger partial charge in [-0.25, -0.2) is 0 Å². The van der Waals surface area contributed by atoms with Crippen LogP contribution < -0.4 is 16.8 Å². The van der Waals surface area contributed by atoms with E-state index in [1.54, 1.807) is 0 Å². The van der Waals surface area contributed by atoms with E-state index >= 15 is 0 Å². The number of hydrogen-bond donors (Lipinski definition) is 3. The average Bonchev–Trinajstić information content (AvgIpc) is 2.55. The van der Waals surface area contributed by atoms with Crippen LogP contribution in [0.2, 0.25) is 0 Å². The summed E-state index contributed by atoms with van der Waals surface area (Å²) in [4.78, 5) is 21.7. The summed E-state index contributed by atoms with van der Waals surface area (Å²) in [6, 6.07) is -0.948. The molecule has 0 aliphatic carbocycles. The summed E-state index contributed by atoms with van der Waals surface area (Å²) < 4.78 is 0. The highest BCUT2D eigenvalue weighted by Crippen LogP contribution is 2.08. The summed E-state index contributed by atoms with van der Waals surface area (Å²) in [6.45, 7) is 0. The first-order chi connectivity index (χ1) is 6.59. The molecule has 1 rings (SSSR count). The Morgan fingerprint density at radius 1 is 1.64 bits per heavy atom. The molecule has 0 fully saturated rings. The minimum Gasteiger partial charge on any atom is -0.370 e. The molecule has 5 N–H and O–H groups in total. The van der Waals surface area contributed by atoms with Crippen LogP contribution in [0.1, 0.15) is 6.42 Å². The molecule has 76 valence electrons. The van der Waals surface area contributed by atoms with Crippen molar-refractivity contribution in [3.05, 3.63) is 5.51 Å². The molecule has 0 saturated carbocycles. The van der Waals surface area contributed by atoms with Gasteiger partial charge in [0.2, 0.25) is 16.9 Å². The molecular formula is C6H9N5O2S. The summed E-state index contributed by atoms with van der Waals surface area (Å²) in [6.07, 6.45) is -0.190. The standard InChI is InChI=1S/C6H9N5O2S/c7-3(1-4(8)12)5(13)10-6-11-9-2-14-6/h2-3H,1,7H2,(H2,8,12)(H,10,11,13). The number of amides is 2. The Hall–Kier alpha value is -1.54. The van der Waals surface area contributed by atoms with E-state index in [9.17, 15) is 9.59 Å². The average molecular weight is 215 g/mol. The van der Waals surface area contributed by atoms with Crippen molar-refractivity contribution < 1.29 is 9.59 Å². The highest BCUT2D eigenvalue weighted by Gasteiger charge is 2.16. The van der Waals surface area contributed by atoms with Crippen molar-refractivity contribution in [1.29, 1.82) is 0 Å². The number of nitrogens with zero attached hydrogens (tertiary/aromatic N) is 2. The molecule has 0 radical (unpaired) electrons. The van der Waals surface area contributed by atoms with Crippen LogP contribution in [0.25, 0.3) is 0 Å². The van der Waals surface area contributed by atoms with Crippen LogP contribution >= 0.6 is 11.3 Å². The Labute approximate surface area is 83.5 Å². The summed E-state index contributed by atoms with van der Waals surface area (Å²) in [7, 11) is 0. The van der Waals surface area contributed by atoms with E-state index in [0.717, 1.165) is 11.3 Å². The molecule has 1 atom stereocenters. The summed E-state index contributed by atoms with van der Waals surface area (Å²) in [5.41, 5.74) is 11.7. The number of hydrogen-bond acceptors (Lipinski definition) is 6. The van der Waals surface area contributed by atoms with Crippen LogP contribution in [0.15, 0.2) is 5.51 Å². The van der Waals surface area contributed by atoms with E-state index in [1.807, 2.05) is 0 Å². The molecule has 0 aromatic carbocycles. The minimum atomic E-state index is -0.948. The van der Waals surface area contributed by atoms with Crippen LogP contribution in [0.4, 0.5) is 5.13 Å². The second-order valence-corrected chi connectivity index (χ2v) is 3.34. The SMILES string of the molecule is NC(=O)CC(N)C(=O)Nc1nncs1. The van der Waals surface area contributed by atoms with Gasteiger partial charge >= 0.3 is 0 Å². The maximum atomic E-state index is 11.2. The Balaban J connectivity index is 2.46. The van der Waals surface area contributed by atoms with E-state index in [1.165, 1.54) is 5.51 Å². The zero-order valence-electron chi connectivity index (χ0n) is 7.14. The second kappa shape index (κ2) is 4.63. The molecule has 0 spiro atoms. The van der Waals surface area contributed by atoms with E-state index in [0.29, 0.717) is 5.13 Å². The Kier molecular flexibility index (Phi) is 3.48. The lowest BCUT2D eigenvalue weighted by Gasteiger charge is -2.07. The smallest absolute Gasteiger partial charge is 0.243 e. The van der Waals surface area contributed by atoms with Gasteiger partial charge in [-0.15, -0.1) is 10.2 Å². The molecule has 2 amide bonds. The fraction of sp³-hybridized carbons (Fsp3) is 0.333. The second-order valence-electron chi connectivity index (χ2n) is 2.51. The van der Waals surface area contributed by atoms with Crippen molar-refractivity contribution in [2.24, 2.45) is 11.5 Å². The van der Waals surface area contributed by atoms with Crippen molar-refractivity contribution in [2.75, 3.05) is 5.32 Å². The summed E-state index contributed by atoms with van der Waals surface area (Å²) in [5, 5.41) is 9.84. The van der Waals surface area contributed by atoms with Crippen molar-refractivity contribution in [2.45, 2.75) is 12.5 Å². The fourth-order valence-corrected chi connectivity index (χ4v) is 1.18. The van der Waals surface area contributed by atoms with Crippen LogP contribution in [-0.4, -0.2) is 28.1 Å². The monoisotopic (exact) mass is 215 g/mol. The number of aromatic nitrogens is 2. The van der Waals surface area contributed by atoms with Gasteiger partial charge in [0.05, 0.1) is 12.5 Å². The maximum absolute atomic E-state index is 11.2.